The molecule has 2 aromatic rings. The predicted molar refractivity (Wildman–Crippen MR) is 134 cm³/mol. The standard InChI is InChI=1S/C22H22N4O6S3/c1-5-31-21(29)17-11(3)13(7-23)19(34-17)25-15(27)9-33-10-16(28)26-20-14(8-24)12(4)18(35-20)22(30)32-6-2/h5-6,9-10H2,1-4H3,(H,25,27)(H,26,28). The van der Waals surface area contributed by atoms with Gasteiger partial charge in [-0.25, -0.2) is 9.59 Å². The summed E-state index contributed by atoms with van der Waals surface area (Å²) < 4.78 is 9.95. The summed E-state index contributed by atoms with van der Waals surface area (Å²) in [6.45, 7) is 6.91. The van der Waals surface area contributed by atoms with Crippen LogP contribution in [0, 0.1) is 36.5 Å². The summed E-state index contributed by atoms with van der Waals surface area (Å²) in [4.78, 5) is 49.3. The molecule has 2 N–H and O–H groups in total. The summed E-state index contributed by atoms with van der Waals surface area (Å²) in [6.07, 6.45) is 0. The van der Waals surface area contributed by atoms with E-state index >= 15 is 0 Å². The summed E-state index contributed by atoms with van der Waals surface area (Å²) in [5, 5.41) is 24.5. The summed E-state index contributed by atoms with van der Waals surface area (Å²) in [6, 6.07) is 3.96. The van der Waals surface area contributed by atoms with Crippen molar-refractivity contribution in [2.45, 2.75) is 27.7 Å². The second-order valence-electron chi connectivity index (χ2n) is 6.77. The molecular formula is C22H22N4O6S3. The lowest BCUT2D eigenvalue weighted by Crippen LogP contribution is -2.18. The number of carbonyl (C=O) groups is 4. The van der Waals surface area contributed by atoms with Gasteiger partial charge in [0.25, 0.3) is 0 Å². The number of thiophene rings is 2. The third kappa shape index (κ3) is 6.82. The van der Waals surface area contributed by atoms with Gasteiger partial charge in [-0.2, -0.15) is 10.5 Å². The normalized spacial score (nSPS) is 10.1. The quantitative estimate of drug-likeness (QED) is 0.432. The van der Waals surface area contributed by atoms with Crippen molar-refractivity contribution in [1.29, 1.82) is 10.5 Å². The fourth-order valence-corrected chi connectivity index (χ4v) is 5.57. The van der Waals surface area contributed by atoms with E-state index in [9.17, 15) is 29.7 Å². The van der Waals surface area contributed by atoms with Gasteiger partial charge in [0.1, 0.15) is 31.9 Å². The van der Waals surface area contributed by atoms with Crippen LogP contribution in [0.15, 0.2) is 0 Å². The number of esters is 2. The Morgan fingerprint density at radius 2 is 1.17 bits per heavy atom. The first-order valence-corrected chi connectivity index (χ1v) is 13.1. The molecule has 184 valence electrons. The van der Waals surface area contributed by atoms with Crippen molar-refractivity contribution in [3.63, 3.8) is 0 Å². The topological polar surface area (TPSA) is 158 Å². The average molecular weight is 535 g/mol. The molecule has 0 bridgehead atoms. The van der Waals surface area contributed by atoms with Crippen LogP contribution in [0.4, 0.5) is 10.0 Å². The third-order valence-corrected chi connectivity index (χ3v) is 7.72. The van der Waals surface area contributed by atoms with Gasteiger partial charge in [0.15, 0.2) is 0 Å². The van der Waals surface area contributed by atoms with E-state index in [2.05, 4.69) is 10.6 Å². The van der Waals surface area contributed by atoms with Gasteiger partial charge in [0.05, 0.1) is 35.8 Å². The summed E-state index contributed by atoms with van der Waals surface area (Å²) in [5.41, 5.74) is 1.23. The van der Waals surface area contributed by atoms with E-state index in [1.54, 1.807) is 27.7 Å². The van der Waals surface area contributed by atoms with Crippen LogP contribution in [0.25, 0.3) is 0 Å². The Labute approximate surface area is 214 Å². The first kappa shape index (κ1) is 27.9. The molecule has 0 aliphatic heterocycles. The van der Waals surface area contributed by atoms with Crippen LogP contribution in [0.3, 0.4) is 0 Å². The van der Waals surface area contributed by atoms with Crippen molar-refractivity contribution in [1.82, 2.24) is 0 Å². The SMILES string of the molecule is CCOC(=O)c1sc(NC(=O)CSCC(=O)Nc2sc(C(=O)OCC)c(C)c2C#N)c(C#N)c1C. The monoisotopic (exact) mass is 534 g/mol. The Bertz CT molecular complexity index is 1140. The van der Waals surface area contributed by atoms with E-state index in [1.165, 1.54) is 0 Å². The lowest BCUT2D eigenvalue weighted by atomic mass is 10.2. The molecule has 0 spiro atoms. The van der Waals surface area contributed by atoms with Crippen molar-refractivity contribution in [2.24, 2.45) is 0 Å². The van der Waals surface area contributed by atoms with Gasteiger partial charge in [0.2, 0.25) is 11.8 Å². The minimum atomic E-state index is -0.565. The molecular weight excluding hydrogens is 512 g/mol. The molecule has 0 saturated heterocycles. The van der Waals surface area contributed by atoms with E-state index in [0.29, 0.717) is 11.1 Å². The third-order valence-electron chi connectivity index (χ3n) is 4.41. The van der Waals surface area contributed by atoms with Crippen LogP contribution in [-0.2, 0) is 19.1 Å². The number of carbonyl (C=O) groups excluding carboxylic acids is 4. The first-order valence-electron chi connectivity index (χ1n) is 10.3. The molecule has 2 rings (SSSR count). The maximum absolute atomic E-state index is 12.3. The Balaban J connectivity index is 1.97. The van der Waals surface area contributed by atoms with Crippen LogP contribution in [0.5, 0.6) is 0 Å². The Hall–Kier alpha value is -3.39. The van der Waals surface area contributed by atoms with Crippen LogP contribution in [0.2, 0.25) is 0 Å². The number of hydrogen-bond acceptors (Lipinski definition) is 11. The maximum Gasteiger partial charge on any atom is 0.348 e. The number of rotatable bonds is 10. The molecule has 35 heavy (non-hydrogen) atoms. The Morgan fingerprint density at radius 3 is 1.49 bits per heavy atom. The zero-order valence-electron chi connectivity index (χ0n) is 19.4. The molecule has 0 fully saturated rings. The smallest absolute Gasteiger partial charge is 0.348 e. The van der Waals surface area contributed by atoms with Gasteiger partial charge in [-0.3, -0.25) is 9.59 Å². The largest absolute Gasteiger partial charge is 0.462 e. The second-order valence-corrected chi connectivity index (χ2v) is 9.80. The zero-order valence-corrected chi connectivity index (χ0v) is 21.8. The number of ether oxygens (including phenoxy) is 2. The zero-order chi connectivity index (χ0) is 26.1. The Morgan fingerprint density at radius 1 is 0.800 bits per heavy atom. The molecule has 2 amide bonds. The van der Waals surface area contributed by atoms with Crippen molar-refractivity contribution in [3.8, 4) is 12.1 Å². The Kier molecular flexibility index (Phi) is 10.3. The number of hydrogen-bond donors (Lipinski definition) is 2. The van der Waals surface area contributed by atoms with E-state index in [1.807, 2.05) is 12.1 Å². The minimum Gasteiger partial charge on any atom is -0.462 e. The van der Waals surface area contributed by atoms with Crippen LogP contribution < -0.4 is 10.6 Å². The van der Waals surface area contributed by atoms with Gasteiger partial charge >= 0.3 is 11.9 Å². The molecule has 2 aromatic heterocycles. The van der Waals surface area contributed by atoms with Gasteiger partial charge in [-0.1, -0.05) is 0 Å². The average Bonchev–Trinajstić information content (AvgIpc) is 3.29. The highest BCUT2D eigenvalue weighted by Crippen LogP contribution is 2.34. The first-order chi connectivity index (χ1) is 16.7. The van der Waals surface area contributed by atoms with E-state index in [4.69, 9.17) is 9.47 Å². The number of anilines is 2. The number of nitrogens with one attached hydrogen (secondary N) is 2. The highest BCUT2D eigenvalue weighted by Gasteiger charge is 2.23. The van der Waals surface area contributed by atoms with E-state index in [-0.39, 0.29) is 55.6 Å². The molecule has 0 radical (unpaired) electrons. The van der Waals surface area contributed by atoms with Crippen LogP contribution in [-0.4, -0.2) is 48.5 Å². The minimum absolute atomic E-state index is 0.0906. The summed E-state index contributed by atoms with van der Waals surface area (Å²) in [7, 11) is 0. The lowest BCUT2D eigenvalue weighted by molar-refractivity contribution is -0.114. The maximum atomic E-state index is 12.3. The molecule has 0 unspecified atom stereocenters. The highest BCUT2D eigenvalue weighted by molar-refractivity contribution is 8.00. The van der Waals surface area contributed by atoms with E-state index in [0.717, 1.165) is 34.4 Å². The molecule has 0 saturated carbocycles. The predicted octanol–water partition coefficient (Wildman–Crippen LogP) is 3.83. The van der Waals surface area contributed by atoms with Crippen molar-refractivity contribution >= 4 is 68.2 Å². The number of thioether (sulfide) groups is 1. The summed E-state index contributed by atoms with van der Waals surface area (Å²) >= 11 is 2.94. The van der Waals surface area contributed by atoms with Crippen LogP contribution >= 0.6 is 34.4 Å². The molecule has 13 heteroatoms. The van der Waals surface area contributed by atoms with Crippen molar-refractivity contribution in [2.75, 3.05) is 35.4 Å². The van der Waals surface area contributed by atoms with Crippen LogP contribution in [0.1, 0.15) is 55.4 Å². The molecule has 10 nitrogen and oxygen atoms in total. The highest BCUT2D eigenvalue weighted by atomic mass is 32.2. The van der Waals surface area contributed by atoms with Gasteiger partial charge < -0.3 is 20.1 Å². The fraction of sp³-hybridized carbons (Fsp3) is 0.364. The molecule has 0 aliphatic rings. The van der Waals surface area contributed by atoms with E-state index < -0.39 is 23.8 Å². The van der Waals surface area contributed by atoms with Gasteiger partial charge in [0, 0.05) is 0 Å². The van der Waals surface area contributed by atoms with Gasteiger partial charge in [-0.15, -0.1) is 34.4 Å². The molecule has 0 aliphatic carbocycles. The number of amides is 2. The number of nitrogens with zero attached hydrogens (tertiary/aromatic N) is 2. The molecule has 0 aromatic carbocycles. The second kappa shape index (κ2) is 12.9. The lowest BCUT2D eigenvalue weighted by Gasteiger charge is -2.05. The number of nitriles is 2. The molecule has 2 heterocycles. The van der Waals surface area contributed by atoms with Crippen molar-refractivity contribution < 1.29 is 28.7 Å². The fourth-order valence-electron chi connectivity index (χ4n) is 2.82. The summed E-state index contributed by atoms with van der Waals surface area (Å²) in [5.74, 6) is -2.22. The van der Waals surface area contributed by atoms with Crippen molar-refractivity contribution in [3.05, 3.63) is 32.0 Å². The van der Waals surface area contributed by atoms with Gasteiger partial charge in [-0.05, 0) is 38.8 Å². The molecule has 0 atom stereocenters.